The van der Waals surface area contributed by atoms with Crippen molar-refractivity contribution in [3.05, 3.63) is 77.1 Å². The number of aromatic nitrogens is 2. The zero-order valence-electron chi connectivity index (χ0n) is 16.6. The molecule has 4 nitrogen and oxygen atoms in total. The molecule has 0 N–H and O–H groups in total. The van der Waals surface area contributed by atoms with Crippen LogP contribution in [0.2, 0.25) is 0 Å². The molecule has 3 aromatic rings. The topological polar surface area (TPSA) is 38.1 Å². The number of para-hydroxylation sites is 1. The van der Waals surface area contributed by atoms with Gasteiger partial charge >= 0.3 is 0 Å². The lowest BCUT2D eigenvalue weighted by Crippen LogP contribution is -2.31. The number of aryl methyl sites for hydroxylation is 4. The molecule has 4 heteroatoms. The van der Waals surface area contributed by atoms with Crippen molar-refractivity contribution >= 4 is 11.6 Å². The van der Waals surface area contributed by atoms with E-state index in [2.05, 4.69) is 42.4 Å². The lowest BCUT2D eigenvalue weighted by Gasteiger charge is -2.23. The highest BCUT2D eigenvalue weighted by Crippen LogP contribution is 2.21. The molecule has 1 heterocycles. The Labute approximate surface area is 161 Å². The SMILES string of the molecule is CCN(C(=O)CCc1ccc(-n2nc(C)cc2C)cc1)c1ccccc1C. The predicted molar refractivity (Wildman–Crippen MR) is 111 cm³/mol. The minimum atomic E-state index is 0.162. The van der Waals surface area contributed by atoms with Crippen LogP contribution in [0.5, 0.6) is 0 Å². The smallest absolute Gasteiger partial charge is 0.227 e. The number of amides is 1. The first-order valence-corrected chi connectivity index (χ1v) is 9.48. The average Bonchev–Trinajstić information content (AvgIpc) is 3.00. The molecule has 0 aliphatic carbocycles. The second-order valence-corrected chi connectivity index (χ2v) is 6.93. The van der Waals surface area contributed by atoms with E-state index in [-0.39, 0.29) is 5.91 Å². The lowest BCUT2D eigenvalue weighted by atomic mass is 10.1. The molecule has 1 amide bonds. The van der Waals surface area contributed by atoms with Gasteiger partial charge in [-0.1, -0.05) is 30.3 Å². The molecular formula is C23H27N3O. The van der Waals surface area contributed by atoms with Gasteiger partial charge in [0.05, 0.1) is 11.4 Å². The van der Waals surface area contributed by atoms with Crippen molar-refractivity contribution in [2.24, 2.45) is 0 Å². The van der Waals surface area contributed by atoms with Gasteiger partial charge in [-0.05, 0) is 69.5 Å². The van der Waals surface area contributed by atoms with Gasteiger partial charge in [0, 0.05) is 24.3 Å². The Hall–Kier alpha value is -2.88. The monoisotopic (exact) mass is 361 g/mol. The van der Waals surface area contributed by atoms with Gasteiger partial charge in [-0.25, -0.2) is 4.68 Å². The summed E-state index contributed by atoms with van der Waals surface area (Å²) in [6.07, 6.45) is 1.24. The van der Waals surface area contributed by atoms with Crippen LogP contribution in [-0.4, -0.2) is 22.2 Å². The van der Waals surface area contributed by atoms with E-state index in [1.54, 1.807) is 0 Å². The van der Waals surface area contributed by atoms with Crippen molar-refractivity contribution in [3.63, 3.8) is 0 Å². The van der Waals surface area contributed by atoms with E-state index in [9.17, 15) is 4.79 Å². The summed E-state index contributed by atoms with van der Waals surface area (Å²) in [6.45, 7) is 8.80. The van der Waals surface area contributed by atoms with Crippen LogP contribution < -0.4 is 4.90 Å². The molecule has 0 atom stereocenters. The summed E-state index contributed by atoms with van der Waals surface area (Å²) in [5.41, 5.74) is 6.47. The number of rotatable bonds is 6. The molecule has 2 aromatic carbocycles. The third-order valence-corrected chi connectivity index (χ3v) is 4.84. The lowest BCUT2D eigenvalue weighted by molar-refractivity contribution is -0.118. The van der Waals surface area contributed by atoms with Gasteiger partial charge in [0.2, 0.25) is 5.91 Å². The normalized spacial score (nSPS) is 10.8. The van der Waals surface area contributed by atoms with Gasteiger partial charge in [-0.3, -0.25) is 4.79 Å². The van der Waals surface area contributed by atoms with Gasteiger partial charge in [0.25, 0.3) is 0 Å². The third-order valence-electron chi connectivity index (χ3n) is 4.84. The van der Waals surface area contributed by atoms with E-state index >= 15 is 0 Å². The first-order valence-electron chi connectivity index (χ1n) is 9.48. The number of benzene rings is 2. The van der Waals surface area contributed by atoms with Crippen molar-refractivity contribution in [3.8, 4) is 5.69 Å². The standard InChI is InChI=1S/C23H27N3O/c1-5-25(22-9-7-6-8-17(22)2)23(27)15-12-20-10-13-21(14-11-20)26-19(4)16-18(3)24-26/h6-11,13-14,16H,5,12,15H2,1-4H3. The number of carbonyl (C=O) groups is 1. The van der Waals surface area contributed by atoms with Crippen molar-refractivity contribution in [1.29, 1.82) is 0 Å². The van der Waals surface area contributed by atoms with E-state index in [1.165, 1.54) is 0 Å². The maximum Gasteiger partial charge on any atom is 0.227 e. The second-order valence-electron chi connectivity index (χ2n) is 6.93. The molecule has 1 aromatic heterocycles. The second kappa shape index (κ2) is 8.21. The molecular weight excluding hydrogens is 334 g/mol. The van der Waals surface area contributed by atoms with Crippen LogP contribution in [0.1, 0.15) is 35.9 Å². The van der Waals surface area contributed by atoms with Crippen LogP contribution in [0, 0.1) is 20.8 Å². The Morgan fingerprint density at radius 2 is 1.74 bits per heavy atom. The minimum Gasteiger partial charge on any atom is -0.312 e. The number of nitrogens with zero attached hydrogens (tertiary/aromatic N) is 3. The summed E-state index contributed by atoms with van der Waals surface area (Å²) in [5.74, 6) is 0.162. The molecule has 0 saturated heterocycles. The Balaban J connectivity index is 1.66. The van der Waals surface area contributed by atoms with Crippen LogP contribution in [0.3, 0.4) is 0 Å². The largest absolute Gasteiger partial charge is 0.312 e. The highest BCUT2D eigenvalue weighted by molar-refractivity contribution is 5.94. The van der Waals surface area contributed by atoms with E-state index in [4.69, 9.17) is 0 Å². The summed E-state index contributed by atoms with van der Waals surface area (Å²) in [7, 11) is 0. The fraction of sp³-hybridized carbons (Fsp3) is 0.304. The predicted octanol–water partition coefficient (Wildman–Crippen LogP) is 4.78. The number of carbonyl (C=O) groups excluding carboxylic acids is 1. The Morgan fingerprint density at radius 3 is 2.33 bits per heavy atom. The highest BCUT2D eigenvalue weighted by atomic mass is 16.2. The van der Waals surface area contributed by atoms with E-state index in [1.807, 2.05) is 54.6 Å². The van der Waals surface area contributed by atoms with Crippen molar-refractivity contribution in [1.82, 2.24) is 9.78 Å². The van der Waals surface area contributed by atoms with Gasteiger partial charge < -0.3 is 4.90 Å². The number of hydrogen-bond acceptors (Lipinski definition) is 2. The minimum absolute atomic E-state index is 0.162. The average molecular weight is 361 g/mol. The van der Waals surface area contributed by atoms with E-state index in [0.717, 1.165) is 40.3 Å². The first kappa shape index (κ1) is 18.9. The van der Waals surface area contributed by atoms with E-state index in [0.29, 0.717) is 13.0 Å². The van der Waals surface area contributed by atoms with Crippen molar-refractivity contribution in [2.45, 2.75) is 40.5 Å². The van der Waals surface area contributed by atoms with Crippen molar-refractivity contribution < 1.29 is 4.79 Å². The molecule has 0 bridgehead atoms. The Morgan fingerprint density at radius 1 is 1.04 bits per heavy atom. The molecule has 0 spiro atoms. The third kappa shape index (κ3) is 4.27. The summed E-state index contributed by atoms with van der Waals surface area (Å²) in [5, 5.41) is 4.52. The van der Waals surface area contributed by atoms with Gasteiger partial charge in [0.15, 0.2) is 0 Å². The molecule has 0 aliphatic heterocycles. The summed E-state index contributed by atoms with van der Waals surface area (Å²) >= 11 is 0. The number of hydrogen-bond donors (Lipinski definition) is 0. The molecule has 3 rings (SSSR count). The summed E-state index contributed by atoms with van der Waals surface area (Å²) in [4.78, 5) is 14.6. The fourth-order valence-electron chi connectivity index (χ4n) is 3.43. The van der Waals surface area contributed by atoms with Crippen LogP contribution >= 0.6 is 0 Å². The molecule has 0 unspecified atom stereocenters. The summed E-state index contributed by atoms with van der Waals surface area (Å²) < 4.78 is 1.95. The fourth-order valence-corrected chi connectivity index (χ4v) is 3.43. The molecule has 0 saturated carbocycles. The molecule has 27 heavy (non-hydrogen) atoms. The Bertz CT molecular complexity index is 925. The van der Waals surface area contributed by atoms with E-state index < -0.39 is 0 Å². The zero-order valence-corrected chi connectivity index (χ0v) is 16.6. The van der Waals surface area contributed by atoms with Crippen LogP contribution in [0.15, 0.2) is 54.6 Å². The maximum absolute atomic E-state index is 12.7. The van der Waals surface area contributed by atoms with Crippen LogP contribution in [0.4, 0.5) is 5.69 Å². The molecule has 140 valence electrons. The van der Waals surface area contributed by atoms with Gasteiger partial charge in [0.1, 0.15) is 0 Å². The summed E-state index contributed by atoms with van der Waals surface area (Å²) in [6, 6.07) is 18.4. The Kier molecular flexibility index (Phi) is 5.75. The molecule has 0 aliphatic rings. The highest BCUT2D eigenvalue weighted by Gasteiger charge is 2.15. The van der Waals surface area contributed by atoms with Gasteiger partial charge in [-0.2, -0.15) is 5.10 Å². The zero-order chi connectivity index (χ0) is 19.4. The molecule has 0 radical (unpaired) electrons. The quantitative estimate of drug-likeness (QED) is 0.633. The number of anilines is 1. The van der Waals surface area contributed by atoms with Crippen molar-refractivity contribution in [2.75, 3.05) is 11.4 Å². The van der Waals surface area contributed by atoms with Gasteiger partial charge in [-0.15, -0.1) is 0 Å². The first-order chi connectivity index (χ1) is 13.0. The maximum atomic E-state index is 12.7. The van der Waals surface area contributed by atoms with Crippen LogP contribution in [-0.2, 0) is 11.2 Å². The van der Waals surface area contributed by atoms with Crippen LogP contribution in [0.25, 0.3) is 5.69 Å². The molecule has 0 fully saturated rings.